The van der Waals surface area contributed by atoms with Gasteiger partial charge in [0.2, 0.25) is 0 Å². The van der Waals surface area contributed by atoms with Gasteiger partial charge in [-0.3, -0.25) is 0 Å². The highest BCUT2D eigenvalue weighted by Crippen LogP contribution is 2.29. The van der Waals surface area contributed by atoms with Crippen molar-refractivity contribution in [3.63, 3.8) is 0 Å². The Balaban J connectivity index is 3.10. The molecule has 0 bridgehead atoms. The fourth-order valence-corrected chi connectivity index (χ4v) is 2.32. The van der Waals surface area contributed by atoms with E-state index in [2.05, 4.69) is 15.9 Å². The van der Waals surface area contributed by atoms with Crippen molar-refractivity contribution in [1.29, 1.82) is 0 Å². The molecule has 0 saturated carbocycles. The van der Waals surface area contributed by atoms with Gasteiger partial charge in [-0.05, 0) is 24.1 Å². The Morgan fingerprint density at radius 1 is 1.25 bits per heavy atom. The second-order valence-electron chi connectivity index (χ2n) is 2.32. The maximum Gasteiger partial charge on any atom is 0.0472 e. The zero-order chi connectivity index (χ0) is 9.14. The normalized spacial score (nSPS) is 10.3. The van der Waals surface area contributed by atoms with Crippen molar-refractivity contribution in [3.8, 4) is 0 Å². The smallest absolute Gasteiger partial charge is 0.0472 e. The Kier molecular flexibility index (Phi) is 3.84. The third kappa shape index (κ3) is 2.36. The minimum atomic E-state index is 0.0566. The lowest BCUT2D eigenvalue weighted by Gasteiger charge is -2.05. The van der Waals surface area contributed by atoms with Gasteiger partial charge >= 0.3 is 0 Å². The molecule has 0 amide bonds. The van der Waals surface area contributed by atoms with E-state index in [1.165, 1.54) is 0 Å². The van der Waals surface area contributed by atoms with E-state index in [1.807, 2.05) is 0 Å². The summed E-state index contributed by atoms with van der Waals surface area (Å²) in [5.41, 5.74) is 0.795. The number of aliphatic hydroxyl groups is 1. The largest absolute Gasteiger partial charge is 0.396 e. The molecule has 1 N–H and O–H groups in total. The molecule has 12 heavy (non-hydrogen) atoms. The van der Waals surface area contributed by atoms with Crippen LogP contribution in [0.1, 0.15) is 5.56 Å². The summed E-state index contributed by atoms with van der Waals surface area (Å²) in [5, 5.41) is 9.88. The first-order chi connectivity index (χ1) is 5.65. The first-order valence-electron chi connectivity index (χ1n) is 3.39. The van der Waals surface area contributed by atoms with Gasteiger partial charge in [0.05, 0.1) is 0 Å². The van der Waals surface area contributed by atoms with Crippen molar-refractivity contribution >= 4 is 39.1 Å². The number of rotatable bonds is 2. The van der Waals surface area contributed by atoms with Gasteiger partial charge in [0.25, 0.3) is 0 Å². The van der Waals surface area contributed by atoms with E-state index in [4.69, 9.17) is 28.3 Å². The Labute approximate surface area is 89.4 Å². The van der Waals surface area contributed by atoms with Crippen LogP contribution >= 0.6 is 39.1 Å². The van der Waals surface area contributed by atoms with Gasteiger partial charge < -0.3 is 5.11 Å². The van der Waals surface area contributed by atoms with Crippen LogP contribution in [0.25, 0.3) is 0 Å². The fraction of sp³-hybridized carbons (Fsp3) is 0.250. The summed E-state index contributed by atoms with van der Waals surface area (Å²) in [6, 6.07) is 3.52. The molecule has 0 aromatic heterocycles. The first kappa shape index (κ1) is 10.3. The molecule has 0 radical (unpaired) electrons. The van der Waals surface area contributed by atoms with Crippen molar-refractivity contribution in [2.75, 3.05) is 6.61 Å². The lowest BCUT2D eigenvalue weighted by Crippen LogP contribution is -1.92. The molecule has 1 rings (SSSR count). The van der Waals surface area contributed by atoms with E-state index in [0.717, 1.165) is 10.0 Å². The molecule has 0 unspecified atom stereocenters. The third-order valence-corrected chi connectivity index (χ3v) is 2.60. The molecule has 1 nitrogen and oxygen atoms in total. The Hall–Kier alpha value is 0.240. The Morgan fingerprint density at radius 2 is 1.75 bits per heavy atom. The monoisotopic (exact) mass is 268 g/mol. The van der Waals surface area contributed by atoms with Gasteiger partial charge in [0.15, 0.2) is 0 Å². The van der Waals surface area contributed by atoms with Crippen molar-refractivity contribution in [2.24, 2.45) is 0 Å². The summed E-state index contributed by atoms with van der Waals surface area (Å²) in [6.07, 6.45) is 0.491. The molecular formula is C8H7BrCl2O. The highest BCUT2D eigenvalue weighted by atomic mass is 79.9. The summed E-state index contributed by atoms with van der Waals surface area (Å²) in [6.45, 7) is 0.0566. The fourth-order valence-electron chi connectivity index (χ4n) is 0.923. The van der Waals surface area contributed by atoms with Crippen molar-refractivity contribution < 1.29 is 5.11 Å². The van der Waals surface area contributed by atoms with Crippen LogP contribution in [-0.2, 0) is 6.42 Å². The van der Waals surface area contributed by atoms with Gasteiger partial charge in [0.1, 0.15) is 0 Å². The molecule has 0 aliphatic carbocycles. The minimum absolute atomic E-state index is 0.0566. The van der Waals surface area contributed by atoms with Crippen molar-refractivity contribution in [1.82, 2.24) is 0 Å². The summed E-state index contributed by atoms with van der Waals surface area (Å²) < 4.78 is 0.846. The quantitative estimate of drug-likeness (QED) is 0.874. The highest BCUT2D eigenvalue weighted by Gasteiger charge is 2.06. The number of benzene rings is 1. The number of halogens is 3. The maximum absolute atomic E-state index is 8.71. The van der Waals surface area contributed by atoms with Crippen LogP contribution in [0.5, 0.6) is 0 Å². The molecule has 0 aliphatic rings. The summed E-state index contributed by atoms with van der Waals surface area (Å²) in [5.74, 6) is 0. The van der Waals surface area contributed by atoms with E-state index in [9.17, 15) is 0 Å². The van der Waals surface area contributed by atoms with Crippen LogP contribution in [0.2, 0.25) is 10.0 Å². The van der Waals surface area contributed by atoms with E-state index < -0.39 is 0 Å². The van der Waals surface area contributed by atoms with Gasteiger partial charge in [-0.25, -0.2) is 0 Å². The standard InChI is InChI=1S/C8H7BrCl2O/c9-5-3-7(10)6(1-2-12)8(11)4-5/h3-4,12H,1-2H2. The van der Waals surface area contributed by atoms with Crippen LogP contribution in [-0.4, -0.2) is 11.7 Å². The molecule has 1 aromatic rings. The predicted octanol–water partition coefficient (Wildman–Crippen LogP) is 3.29. The third-order valence-electron chi connectivity index (χ3n) is 1.47. The molecule has 4 heteroatoms. The van der Waals surface area contributed by atoms with Gasteiger partial charge in [-0.2, -0.15) is 0 Å². The Morgan fingerprint density at radius 3 is 2.17 bits per heavy atom. The highest BCUT2D eigenvalue weighted by molar-refractivity contribution is 9.10. The lowest BCUT2D eigenvalue weighted by molar-refractivity contribution is 0.299. The lowest BCUT2D eigenvalue weighted by atomic mass is 10.1. The summed E-state index contributed by atoms with van der Waals surface area (Å²) >= 11 is 15.0. The minimum Gasteiger partial charge on any atom is -0.396 e. The number of aliphatic hydroxyl groups excluding tert-OH is 1. The van der Waals surface area contributed by atoms with Gasteiger partial charge in [0, 0.05) is 21.1 Å². The average molecular weight is 270 g/mol. The zero-order valence-electron chi connectivity index (χ0n) is 6.15. The van der Waals surface area contributed by atoms with E-state index in [0.29, 0.717) is 16.5 Å². The van der Waals surface area contributed by atoms with Gasteiger partial charge in [-0.1, -0.05) is 39.1 Å². The molecule has 0 saturated heterocycles. The van der Waals surface area contributed by atoms with Crippen LogP contribution in [0.3, 0.4) is 0 Å². The second kappa shape index (κ2) is 4.47. The molecule has 1 aromatic carbocycles. The van der Waals surface area contributed by atoms with Crippen LogP contribution in [0.15, 0.2) is 16.6 Å². The maximum atomic E-state index is 8.71. The SMILES string of the molecule is OCCc1c(Cl)cc(Br)cc1Cl. The zero-order valence-corrected chi connectivity index (χ0v) is 9.25. The average Bonchev–Trinajstić information content (AvgIpc) is 1.96. The molecule has 0 fully saturated rings. The van der Waals surface area contributed by atoms with Crippen LogP contribution < -0.4 is 0 Å². The molecular weight excluding hydrogens is 263 g/mol. The first-order valence-corrected chi connectivity index (χ1v) is 4.94. The van der Waals surface area contributed by atoms with Crippen molar-refractivity contribution in [2.45, 2.75) is 6.42 Å². The number of hydrogen-bond acceptors (Lipinski definition) is 1. The molecule has 0 aliphatic heterocycles. The number of hydrogen-bond donors (Lipinski definition) is 1. The van der Waals surface area contributed by atoms with E-state index in [-0.39, 0.29) is 6.61 Å². The summed E-state index contributed by atoms with van der Waals surface area (Å²) in [7, 11) is 0. The molecule has 0 heterocycles. The summed E-state index contributed by atoms with van der Waals surface area (Å²) in [4.78, 5) is 0. The second-order valence-corrected chi connectivity index (χ2v) is 4.05. The molecule has 66 valence electrons. The predicted molar refractivity (Wildman–Crippen MR) is 55.0 cm³/mol. The van der Waals surface area contributed by atoms with E-state index in [1.54, 1.807) is 12.1 Å². The van der Waals surface area contributed by atoms with Crippen LogP contribution in [0.4, 0.5) is 0 Å². The van der Waals surface area contributed by atoms with Crippen LogP contribution in [0, 0.1) is 0 Å². The van der Waals surface area contributed by atoms with E-state index >= 15 is 0 Å². The van der Waals surface area contributed by atoms with Gasteiger partial charge in [-0.15, -0.1) is 0 Å². The van der Waals surface area contributed by atoms with Crippen molar-refractivity contribution in [3.05, 3.63) is 32.2 Å². The topological polar surface area (TPSA) is 20.2 Å². The molecule has 0 atom stereocenters. The Bertz CT molecular complexity index is 265. The molecule has 0 spiro atoms.